The van der Waals surface area contributed by atoms with Crippen LogP contribution in [-0.4, -0.2) is 35.8 Å². The molecule has 0 radical (unpaired) electrons. The number of amides is 1. The molecule has 138 valence electrons. The Kier molecular flexibility index (Phi) is 5.08. The number of hydrogen-bond acceptors (Lipinski definition) is 5. The number of likely N-dealkylation sites (tertiary alicyclic amines) is 1. The van der Waals surface area contributed by atoms with Crippen LogP contribution in [0.2, 0.25) is 0 Å². The predicted molar refractivity (Wildman–Crippen MR) is 97.0 cm³/mol. The number of piperidine rings is 1. The Bertz CT molecular complexity index is 820. The summed E-state index contributed by atoms with van der Waals surface area (Å²) in [5, 5.41) is 9.94. The van der Waals surface area contributed by atoms with Crippen LogP contribution < -0.4 is 4.74 Å². The van der Waals surface area contributed by atoms with Crippen molar-refractivity contribution in [3.63, 3.8) is 0 Å². The first-order valence-corrected chi connectivity index (χ1v) is 8.87. The summed E-state index contributed by atoms with van der Waals surface area (Å²) in [6.45, 7) is 6.82. The minimum absolute atomic E-state index is 0.0352. The molecular formula is C20H24N2O4. The molecule has 0 atom stereocenters. The Morgan fingerprint density at radius 3 is 2.73 bits per heavy atom. The zero-order valence-corrected chi connectivity index (χ0v) is 15.4. The molecule has 0 aliphatic carbocycles. The molecule has 0 spiro atoms. The van der Waals surface area contributed by atoms with E-state index in [0.29, 0.717) is 13.1 Å². The SMILES string of the molecule is CC(C)(C)OC(=O)N1CCC(Oc2cc(CC#N)c3occc3c2)CC1. The minimum Gasteiger partial charge on any atom is -0.490 e. The van der Waals surface area contributed by atoms with Crippen molar-refractivity contribution in [2.75, 3.05) is 13.1 Å². The van der Waals surface area contributed by atoms with E-state index in [9.17, 15) is 4.79 Å². The topological polar surface area (TPSA) is 75.7 Å². The third kappa shape index (κ3) is 4.29. The average Bonchev–Trinajstić information content (AvgIpc) is 3.03. The molecule has 1 amide bonds. The summed E-state index contributed by atoms with van der Waals surface area (Å²) in [7, 11) is 0. The summed E-state index contributed by atoms with van der Waals surface area (Å²) in [4.78, 5) is 13.9. The van der Waals surface area contributed by atoms with Gasteiger partial charge in [0.1, 0.15) is 23.0 Å². The lowest BCUT2D eigenvalue weighted by Crippen LogP contribution is -2.44. The van der Waals surface area contributed by atoms with E-state index >= 15 is 0 Å². The molecule has 0 unspecified atom stereocenters. The average molecular weight is 356 g/mol. The predicted octanol–water partition coefficient (Wildman–Crippen LogP) is 4.28. The summed E-state index contributed by atoms with van der Waals surface area (Å²) in [5.74, 6) is 0.736. The van der Waals surface area contributed by atoms with Crippen LogP contribution in [0.15, 0.2) is 28.9 Å². The van der Waals surface area contributed by atoms with Gasteiger partial charge >= 0.3 is 6.09 Å². The van der Waals surface area contributed by atoms with E-state index in [4.69, 9.17) is 19.2 Å². The second-order valence-corrected chi connectivity index (χ2v) is 7.54. The fourth-order valence-corrected chi connectivity index (χ4v) is 3.09. The molecule has 2 aromatic rings. The van der Waals surface area contributed by atoms with E-state index in [1.165, 1.54) is 0 Å². The van der Waals surface area contributed by atoms with Crippen LogP contribution in [-0.2, 0) is 11.2 Å². The maximum Gasteiger partial charge on any atom is 0.410 e. The van der Waals surface area contributed by atoms with Gasteiger partial charge in [-0.2, -0.15) is 5.26 Å². The lowest BCUT2D eigenvalue weighted by atomic mass is 10.1. The van der Waals surface area contributed by atoms with E-state index < -0.39 is 5.60 Å². The van der Waals surface area contributed by atoms with Gasteiger partial charge in [-0.15, -0.1) is 0 Å². The summed E-state index contributed by atoms with van der Waals surface area (Å²) in [5.41, 5.74) is 1.08. The monoisotopic (exact) mass is 356 g/mol. The van der Waals surface area contributed by atoms with E-state index in [2.05, 4.69) is 6.07 Å². The number of benzene rings is 1. The van der Waals surface area contributed by atoms with E-state index in [-0.39, 0.29) is 18.6 Å². The Balaban J connectivity index is 1.62. The molecule has 2 heterocycles. The Hall–Kier alpha value is -2.68. The zero-order valence-electron chi connectivity index (χ0n) is 15.4. The second kappa shape index (κ2) is 7.28. The first-order chi connectivity index (χ1) is 12.4. The fourth-order valence-electron chi connectivity index (χ4n) is 3.09. The highest BCUT2D eigenvalue weighted by atomic mass is 16.6. The van der Waals surface area contributed by atoms with Crippen LogP contribution in [0, 0.1) is 11.3 Å². The first-order valence-electron chi connectivity index (χ1n) is 8.87. The summed E-state index contributed by atoms with van der Waals surface area (Å²) >= 11 is 0. The van der Waals surface area contributed by atoms with Crippen LogP contribution in [0.4, 0.5) is 4.79 Å². The highest BCUT2D eigenvalue weighted by Crippen LogP contribution is 2.29. The standard InChI is InChI=1S/C20H24N2O4/c1-20(2,3)26-19(23)22-9-5-16(6-10-22)25-17-12-14(4-8-21)18-15(13-17)7-11-24-18/h7,11-13,16H,4-6,9-10H2,1-3H3. The Morgan fingerprint density at radius 2 is 2.08 bits per heavy atom. The van der Waals surface area contributed by atoms with Crippen molar-refractivity contribution in [1.82, 2.24) is 4.90 Å². The molecule has 0 N–H and O–H groups in total. The van der Waals surface area contributed by atoms with Crippen LogP contribution >= 0.6 is 0 Å². The molecule has 0 saturated carbocycles. The first kappa shape index (κ1) is 18.1. The molecule has 26 heavy (non-hydrogen) atoms. The zero-order chi connectivity index (χ0) is 18.7. The summed E-state index contributed by atoms with van der Waals surface area (Å²) in [6, 6.07) is 7.83. The molecule has 1 saturated heterocycles. The molecule has 1 aromatic heterocycles. The summed E-state index contributed by atoms with van der Waals surface area (Å²) in [6.07, 6.45) is 3.15. The van der Waals surface area contributed by atoms with Crippen LogP contribution in [0.1, 0.15) is 39.2 Å². The number of rotatable bonds is 3. The molecule has 6 heteroatoms. The third-order valence-electron chi connectivity index (χ3n) is 4.27. The molecule has 1 fully saturated rings. The van der Waals surface area contributed by atoms with Gasteiger partial charge in [-0.05, 0) is 39.0 Å². The van der Waals surface area contributed by atoms with Gasteiger partial charge in [-0.25, -0.2) is 4.79 Å². The summed E-state index contributed by atoms with van der Waals surface area (Å²) < 4.78 is 17.0. The number of carbonyl (C=O) groups is 1. The van der Waals surface area contributed by atoms with Gasteiger partial charge in [0.15, 0.2) is 0 Å². The van der Waals surface area contributed by atoms with Gasteiger partial charge in [-0.3, -0.25) is 0 Å². The van der Waals surface area contributed by atoms with Crippen molar-refractivity contribution in [2.45, 2.75) is 51.7 Å². The van der Waals surface area contributed by atoms with Crippen LogP contribution in [0.3, 0.4) is 0 Å². The largest absolute Gasteiger partial charge is 0.490 e. The lowest BCUT2D eigenvalue weighted by molar-refractivity contribution is 0.0127. The van der Waals surface area contributed by atoms with Gasteiger partial charge in [0.05, 0.1) is 18.8 Å². The van der Waals surface area contributed by atoms with Crippen molar-refractivity contribution in [3.05, 3.63) is 30.0 Å². The minimum atomic E-state index is -0.485. The van der Waals surface area contributed by atoms with Crippen molar-refractivity contribution in [2.24, 2.45) is 0 Å². The van der Waals surface area contributed by atoms with E-state index in [0.717, 1.165) is 35.1 Å². The number of ether oxygens (including phenoxy) is 2. The van der Waals surface area contributed by atoms with Crippen molar-refractivity contribution >= 4 is 17.1 Å². The van der Waals surface area contributed by atoms with Crippen molar-refractivity contribution < 1.29 is 18.7 Å². The Labute approximate surface area is 153 Å². The van der Waals surface area contributed by atoms with Gasteiger partial charge in [0, 0.05) is 36.9 Å². The van der Waals surface area contributed by atoms with Gasteiger partial charge in [0.2, 0.25) is 0 Å². The molecule has 1 aromatic carbocycles. The maximum atomic E-state index is 12.1. The lowest BCUT2D eigenvalue weighted by Gasteiger charge is -2.33. The smallest absolute Gasteiger partial charge is 0.410 e. The number of furan rings is 1. The highest BCUT2D eigenvalue weighted by Gasteiger charge is 2.27. The van der Waals surface area contributed by atoms with Gasteiger partial charge < -0.3 is 18.8 Å². The Morgan fingerprint density at radius 1 is 1.35 bits per heavy atom. The van der Waals surface area contributed by atoms with E-state index in [1.807, 2.05) is 39.0 Å². The number of nitrogens with zero attached hydrogens (tertiary/aromatic N) is 2. The fraction of sp³-hybridized carbons (Fsp3) is 0.500. The molecule has 1 aliphatic rings. The molecule has 0 bridgehead atoms. The number of hydrogen-bond donors (Lipinski definition) is 0. The number of nitriles is 1. The number of fused-ring (bicyclic) bond motifs is 1. The molecule has 6 nitrogen and oxygen atoms in total. The van der Waals surface area contributed by atoms with E-state index in [1.54, 1.807) is 11.2 Å². The normalized spacial score (nSPS) is 15.7. The third-order valence-corrected chi connectivity index (χ3v) is 4.27. The second-order valence-electron chi connectivity index (χ2n) is 7.54. The quantitative estimate of drug-likeness (QED) is 0.820. The number of carbonyl (C=O) groups excluding carboxylic acids is 1. The van der Waals surface area contributed by atoms with Gasteiger partial charge in [0.25, 0.3) is 0 Å². The van der Waals surface area contributed by atoms with Gasteiger partial charge in [-0.1, -0.05) is 0 Å². The molecular weight excluding hydrogens is 332 g/mol. The highest BCUT2D eigenvalue weighted by molar-refractivity contribution is 5.82. The maximum absolute atomic E-state index is 12.1. The van der Waals surface area contributed by atoms with Crippen molar-refractivity contribution in [1.29, 1.82) is 5.26 Å². The van der Waals surface area contributed by atoms with Crippen LogP contribution in [0.5, 0.6) is 5.75 Å². The molecule has 3 rings (SSSR count). The van der Waals surface area contributed by atoms with Crippen LogP contribution in [0.25, 0.3) is 11.0 Å². The van der Waals surface area contributed by atoms with Crippen molar-refractivity contribution in [3.8, 4) is 11.8 Å². The molecule has 1 aliphatic heterocycles.